The maximum Gasteiger partial charge on any atom is 0.309 e. The number of halogens is 1. The van der Waals surface area contributed by atoms with Crippen molar-refractivity contribution >= 4 is 23.4 Å². The minimum Gasteiger partial charge on any atom is -0.393 e. The van der Waals surface area contributed by atoms with E-state index in [0.29, 0.717) is 11.4 Å². The van der Waals surface area contributed by atoms with E-state index in [1.54, 1.807) is 24.3 Å². The van der Waals surface area contributed by atoms with E-state index in [1.165, 1.54) is 0 Å². The van der Waals surface area contributed by atoms with E-state index in [4.69, 9.17) is 11.6 Å². The van der Waals surface area contributed by atoms with Crippen LogP contribution < -0.4 is 10.6 Å². The normalized spacial score (nSPS) is 12.6. The Balaban J connectivity index is 2.34. The molecule has 0 saturated heterocycles. The molecule has 0 heterocycles. The van der Waals surface area contributed by atoms with Gasteiger partial charge in [-0.1, -0.05) is 50.6 Å². The summed E-state index contributed by atoms with van der Waals surface area (Å²) in [7, 11) is 0. The zero-order chi connectivity index (χ0) is 16.8. The molecule has 1 atom stereocenters. The van der Waals surface area contributed by atoms with Gasteiger partial charge in [-0.25, -0.2) is 0 Å². The summed E-state index contributed by atoms with van der Waals surface area (Å²) in [6, 6.07) is 7.10. The van der Waals surface area contributed by atoms with Crippen LogP contribution in [0, 0.1) is 5.41 Å². The number of carbonyl (C=O) groups is 2. The van der Waals surface area contributed by atoms with Gasteiger partial charge in [-0.15, -0.1) is 0 Å². The molecule has 6 heteroatoms. The smallest absolute Gasteiger partial charge is 0.309 e. The Hall–Kier alpha value is -1.59. The van der Waals surface area contributed by atoms with Gasteiger partial charge in [-0.05, 0) is 23.5 Å². The van der Waals surface area contributed by atoms with E-state index in [1.807, 2.05) is 20.8 Å². The number of aliphatic hydroxyl groups excluding tert-OH is 1. The minimum absolute atomic E-state index is 0.191. The molecular formula is C16H23ClN2O3. The van der Waals surface area contributed by atoms with Gasteiger partial charge < -0.3 is 15.7 Å². The molecule has 0 saturated carbocycles. The van der Waals surface area contributed by atoms with Gasteiger partial charge in [-0.3, -0.25) is 9.59 Å². The molecule has 1 aromatic carbocycles. The van der Waals surface area contributed by atoms with Crippen molar-refractivity contribution in [3.8, 4) is 0 Å². The predicted molar refractivity (Wildman–Crippen MR) is 86.4 cm³/mol. The van der Waals surface area contributed by atoms with Gasteiger partial charge >= 0.3 is 11.8 Å². The van der Waals surface area contributed by atoms with Crippen LogP contribution in [0.5, 0.6) is 0 Å². The fraction of sp³-hybridized carbons (Fsp3) is 0.500. The molecule has 0 spiro atoms. The van der Waals surface area contributed by atoms with E-state index in [0.717, 1.165) is 5.56 Å². The van der Waals surface area contributed by atoms with Crippen molar-refractivity contribution in [1.29, 1.82) is 0 Å². The molecule has 22 heavy (non-hydrogen) atoms. The largest absolute Gasteiger partial charge is 0.393 e. The predicted octanol–water partition coefficient (Wildman–Crippen LogP) is 1.87. The summed E-state index contributed by atoms with van der Waals surface area (Å²) in [6.07, 6.45) is -0.147. The standard InChI is InChI=1S/C16H23ClN2O3/c1-16(2,3)13(20)8-9-18-14(21)15(22)19-10-11-6-4-5-7-12(11)17/h4-7,13,20H,8-10H2,1-3H3,(H,18,21)(H,19,22). The Morgan fingerprint density at radius 1 is 1.18 bits per heavy atom. The number of benzene rings is 1. The first kappa shape index (κ1) is 18.5. The molecule has 0 fully saturated rings. The van der Waals surface area contributed by atoms with Gasteiger partial charge in [0, 0.05) is 18.1 Å². The molecular weight excluding hydrogens is 304 g/mol. The molecule has 122 valence electrons. The monoisotopic (exact) mass is 326 g/mol. The number of hydrogen-bond acceptors (Lipinski definition) is 3. The van der Waals surface area contributed by atoms with Gasteiger partial charge in [0.05, 0.1) is 6.10 Å². The summed E-state index contributed by atoms with van der Waals surface area (Å²) in [4.78, 5) is 23.3. The maximum absolute atomic E-state index is 11.7. The lowest BCUT2D eigenvalue weighted by Crippen LogP contribution is -2.41. The molecule has 0 aliphatic rings. The van der Waals surface area contributed by atoms with Crippen molar-refractivity contribution in [2.24, 2.45) is 5.41 Å². The third-order valence-corrected chi connectivity index (χ3v) is 3.68. The van der Waals surface area contributed by atoms with Crippen molar-refractivity contribution in [2.75, 3.05) is 6.54 Å². The Bertz CT molecular complexity index is 526. The van der Waals surface area contributed by atoms with Gasteiger partial charge in [0.2, 0.25) is 0 Å². The third kappa shape index (κ3) is 6.03. The topological polar surface area (TPSA) is 78.4 Å². The molecule has 3 N–H and O–H groups in total. The molecule has 1 aromatic rings. The fourth-order valence-corrected chi connectivity index (χ4v) is 1.94. The van der Waals surface area contributed by atoms with E-state index >= 15 is 0 Å². The highest BCUT2D eigenvalue weighted by Gasteiger charge is 2.22. The zero-order valence-electron chi connectivity index (χ0n) is 13.1. The van der Waals surface area contributed by atoms with Crippen molar-refractivity contribution in [3.05, 3.63) is 34.9 Å². The van der Waals surface area contributed by atoms with E-state index < -0.39 is 17.9 Å². The second-order valence-electron chi connectivity index (χ2n) is 6.20. The van der Waals surface area contributed by atoms with Gasteiger partial charge in [-0.2, -0.15) is 0 Å². The first-order chi connectivity index (χ1) is 10.2. The lowest BCUT2D eigenvalue weighted by molar-refractivity contribution is -0.139. The SMILES string of the molecule is CC(C)(C)C(O)CCNC(=O)C(=O)NCc1ccccc1Cl. The summed E-state index contributed by atoms with van der Waals surface area (Å²) in [5, 5.41) is 15.4. The molecule has 0 aliphatic heterocycles. The summed E-state index contributed by atoms with van der Waals surface area (Å²) in [6.45, 7) is 6.18. The van der Waals surface area contributed by atoms with Gasteiger partial charge in [0.15, 0.2) is 0 Å². The van der Waals surface area contributed by atoms with Crippen molar-refractivity contribution in [2.45, 2.75) is 39.8 Å². The highest BCUT2D eigenvalue weighted by atomic mass is 35.5. The van der Waals surface area contributed by atoms with Crippen LogP contribution in [0.4, 0.5) is 0 Å². The van der Waals surface area contributed by atoms with E-state index in [-0.39, 0.29) is 18.5 Å². The highest BCUT2D eigenvalue weighted by molar-refractivity contribution is 6.35. The number of hydrogen-bond donors (Lipinski definition) is 3. The molecule has 0 aliphatic carbocycles. The molecule has 0 radical (unpaired) electrons. The average Bonchev–Trinajstić information content (AvgIpc) is 2.44. The minimum atomic E-state index is -0.717. The Kier molecular flexibility index (Phi) is 6.84. The average molecular weight is 327 g/mol. The third-order valence-electron chi connectivity index (χ3n) is 3.31. The molecule has 2 amide bonds. The van der Waals surface area contributed by atoms with Crippen LogP contribution in [0.15, 0.2) is 24.3 Å². The van der Waals surface area contributed by atoms with Gasteiger partial charge in [0.25, 0.3) is 0 Å². The zero-order valence-corrected chi connectivity index (χ0v) is 13.9. The Morgan fingerprint density at radius 3 is 2.36 bits per heavy atom. The van der Waals surface area contributed by atoms with Crippen LogP contribution >= 0.6 is 11.6 Å². The summed E-state index contributed by atoms with van der Waals surface area (Å²) in [5.41, 5.74) is 0.491. The lowest BCUT2D eigenvalue weighted by atomic mass is 9.87. The summed E-state index contributed by atoms with van der Waals surface area (Å²) >= 11 is 5.97. The quantitative estimate of drug-likeness (QED) is 0.723. The van der Waals surface area contributed by atoms with Crippen LogP contribution in [-0.4, -0.2) is 29.6 Å². The highest BCUT2D eigenvalue weighted by Crippen LogP contribution is 2.20. The first-order valence-corrected chi connectivity index (χ1v) is 7.57. The molecule has 1 rings (SSSR count). The molecule has 0 bridgehead atoms. The van der Waals surface area contributed by atoms with E-state index in [9.17, 15) is 14.7 Å². The maximum atomic E-state index is 11.7. The van der Waals surface area contributed by atoms with Gasteiger partial charge in [0.1, 0.15) is 0 Å². The molecule has 0 aromatic heterocycles. The number of nitrogens with one attached hydrogen (secondary N) is 2. The molecule has 5 nitrogen and oxygen atoms in total. The summed E-state index contributed by atoms with van der Waals surface area (Å²) < 4.78 is 0. The van der Waals surface area contributed by atoms with Crippen molar-refractivity contribution < 1.29 is 14.7 Å². The Morgan fingerprint density at radius 2 is 1.77 bits per heavy atom. The number of carbonyl (C=O) groups excluding carboxylic acids is 2. The second kappa shape index (κ2) is 8.15. The Labute approximate surface area is 136 Å². The van der Waals surface area contributed by atoms with Crippen LogP contribution in [0.1, 0.15) is 32.8 Å². The molecule has 1 unspecified atom stereocenters. The van der Waals surface area contributed by atoms with E-state index in [2.05, 4.69) is 10.6 Å². The number of aliphatic hydroxyl groups is 1. The van der Waals surface area contributed by atoms with Crippen LogP contribution in [0.2, 0.25) is 5.02 Å². The van der Waals surface area contributed by atoms with Crippen LogP contribution in [0.25, 0.3) is 0 Å². The van der Waals surface area contributed by atoms with Crippen molar-refractivity contribution in [3.63, 3.8) is 0 Å². The van der Waals surface area contributed by atoms with Crippen LogP contribution in [-0.2, 0) is 16.1 Å². The summed E-state index contributed by atoms with van der Waals surface area (Å²) in [5.74, 6) is -1.43. The second-order valence-corrected chi connectivity index (χ2v) is 6.61. The first-order valence-electron chi connectivity index (χ1n) is 7.19. The fourth-order valence-electron chi connectivity index (χ4n) is 1.73. The van der Waals surface area contributed by atoms with Crippen LogP contribution in [0.3, 0.4) is 0 Å². The number of amides is 2. The van der Waals surface area contributed by atoms with Crippen molar-refractivity contribution in [1.82, 2.24) is 10.6 Å². The number of rotatable bonds is 5. The lowest BCUT2D eigenvalue weighted by Gasteiger charge is -2.25.